The molecule has 9 nitrogen and oxygen atoms in total. The fraction of sp³-hybridized carbons (Fsp3) is 0.714. The largest absolute Gasteiger partial charge is 0.534 e. The zero-order valence-electron chi connectivity index (χ0n) is 13.6. The van der Waals surface area contributed by atoms with Gasteiger partial charge in [-0.25, -0.2) is 9.59 Å². The van der Waals surface area contributed by atoms with Crippen LogP contribution < -0.4 is 0 Å². The van der Waals surface area contributed by atoms with Gasteiger partial charge in [-0.05, 0) is 27.7 Å². The second-order valence-electron chi connectivity index (χ2n) is 6.81. The van der Waals surface area contributed by atoms with Gasteiger partial charge < -0.3 is 14.4 Å². The van der Waals surface area contributed by atoms with E-state index in [1.165, 1.54) is 4.90 Å². The van der Waals surface area contributed by atoms with E-state index in [1.807, 2.05) is 0 Å². The quantitative estimate of drug-likeness (QED) is 0.554. The zero-order chi connectivity index (χ0) is 17.4. The van der Waals surface area contributed by atoms with Crippen LogP contribution in [0.15, 0.2) is 0 Å². The second kappa shape index (κ2) is 5.71. The highest BCUT2D eigenvalue weighted by molar-refractivity contribution is 6.01. The predicted molar refractivity (Wildman–Crippen MR) is 74.9 cm³/mol. The molecule has 9 heteroatoms. The molecule has 0 aromatic rings. The Balaban J connectivity index is 1.80. The van der Waals surface area contributed by atoms with Gasteiger partial charge in [0.2, 0.25) is 0 Å². The van der Waals surface area contributed by atoms with Gasteiger partial charge in [0.1, 0.15) is 11.2 Å². The van der Waals surface area contributed by atoms with Crippen LogP contribution >= 0.6 is 0 Å². The van der Waals surface area contributed by atoms with Gasteiger partial charge in [-0.2, -0.15) is 0 Å². The number of rotatable bonds is 2. The monoisotopic (exact) mass is 328 g/mol. The molecule has 2 heterocycles. The highest BCUT2D eigenvalue weighted by Crippen LogP contribution is 2.27. The van der Waals surface area contributed by atoms with Crippen LogP contribution in [0, 0.1) is 0 Å². The van der Waals surface area contributed by atoms with Crippen molar-refractivity contribution in [2.24, 2.45) is 0 Å². The minimum absolute atomic E-state index is 0.00973. The minimum atomic E-state index is -1.15. The molecule has 0 bridgehead atoms. The number of carbonyl (C=O) groups excluding carboxylic acids is 4. The van der Waals surface area contributed by atoms with Crippen LogP contribution in [-0.2, 0) is 23.9 Å². The summed E-state index contributed by atoms with van der Waals surface area (Å²) in [4.78, 5) is 52.2. The third-order valence-electron chi connectivity index (χ3n) is 3.20. The molecule has 3 amide bonds. The first kappa shape index (κ1) is 17.0. The Hall–Kier alpha value is -2.32. The molecule has 2 rings (SSSR count). The Labute approximate surface area is 133 Å². The number of carbonyl (C=O) groups is 4. The summed E-state index contributed by atoms with van der Waals surface area (Å²) in [6.07, 6.45) is -1.64. The van der Waals surface area contributed by atoms with Crippen LogP contribution in [-0.4, -0.2) is 58.3 Å². The topological polar surface area (TPSA) is 102 Å². The summed E-state index contributed by atoms with van der Waals surface area (Å²) < 4.78 is 10.3. The van der Waals surface area contributed by atoms with Crippen molar-refractivity contribution < 1.29 is 33.5 Å². The third-order valence-corrected chi connectivity index (χ3v) is 3.20. The molecule has 2 saturated heterocycles. The van der Waals surface area contributed by atoms with Crippen molar-refractivity contribution in [1.82, 2.24) is 9.96 Å². The lowest BCUT2D eigenvalue weighted by Gasteiger charge is -2.46. The summed E-state index contributed by atoms with van der Waals surface area (Å²) in [7, 11) is 0. The summed E-state index contributed by atoms with van der Waals surface area (Å²) in [6, 6.07) is 0. The van der Waals surface area contributed by atoms with E-state index >= 15 is 0 Å². The van der Waals surface area contributed by atoms with Crippen molar-refractivity contribution in [2.75, 3.05) is 13.1 Å². The van der Waals surface area contributed by atoms with E-state index in [9.17, 15) is 19.2 Å². The van der Waals surface area contributed by atoms with Crippen molar-refractivity contribution in [2.45, 2.75) is 51.7 Å². The summed E-state index contributed by atoms with van der Waals surface area (Å²) >= 11 is 0. The lowest BCUT2D eigenvalue weighted by atomic mass is 9.97. The lowest BCUT2D eigenvalue weighted by Crippen LogP contribution is -2.64. The van der Waals surface area contributed by atoms with Crippen LogP contribution in [0.2, 0.25) is 0 Å². The Morgan fingerprint density at radius 3 is 2.09 bits per heavy atom. The molecule has 0 atom stereocenters. The SMILES string of the molecule is CC(C)(C)OC(=O)N1CC(C)(OC(=O)ON2C(=O)CCC2=O)C1. The first-order chi connectivity index (χ1) is 10.5. The fourth-order valence-electron chi connectivity index (χ4n) is 2.23. The van der Waals surface area contributed by atoms with E-state index in [2.05, 4.69) is 4.84 Å². The predicted octanol–water partition coefficient (Wildman–Crippen LogP) is 1.21. The summed E-state index contributed by atoms with van der Waals surface area (Å²) in [5.41, 5.74) is -1.56. The maximum Gasteiger partial charge on any atom is 0.534 e. The number of hydroxylamine groups is 2. The lowest BCUT2D eigenvalue weighted by molar-refractivity contribution is -0.187. The molecule has 2 fully saturated rings. The Morgan fingerprint density at radius 1 is 1.09 bits per heavy atom. The molecule has 0 saturated carbocycles. The highest BCUT2D eigenvalue weighted by atomic mass is 16.8. The number of nitrogens with zero attached hydrogens (tertiary/aromatic N) is 2. The molecule has 0 aliphatic carbocycles. The molecule has 2 aliphatic rings. The van der Waals surface area contributed by atoms with Gasteiger partial charge in [0.25, 0.3) is 11.8 Å². The average Bonchev–Trinajstić information content (AvgIpc) is 2.65. The smallest absolute Gasteiger partial charge is 0.444 e. The van der Waals surface area contributed by atoms with Gasteiger partial charge >= 0.3 is 12.2 Å². The Morgan fingerprint density at radius 2 is 1.61 bits per heavy atom. The van der Waals surface area contributed by atoms with Crippen molar-refractivity contribution in [3.8, 4) is 0 Å². The van der Waals surface area contributed by atoms with E-state index < -0.39 is 35.3 Å². The maximum atomic E-state index is 11.8. The molecular weight excluding hydrogens is 308 g/mol. The van der Waals surface area contributed by atoms with Gasteiger partial charge in [0, 0.05) is 12.8 Å². The zero-order valence-corrected chi connectivity index (χ0v) is 13.6. The summed E-state index contributed by atoms with van der Waals surface area (Å²) in [5, 5.41) is 0.413. The number of likely N-dealkylation sites (tertiary alicyclic amines) is 1. The second-order valence-corrected chi connectivity index (χ2v) is 6.81. The first-order valence-corrected chi connectivity index (χ1v) is 7.24. The molecule has 0 radical (unpaired) electrons. The van der Waals surface area contributed by atoms with E-state index in [1.54, 1.807) is 27.7 Å². The molecule has 0 aromatic carbocycles. The van der Waals surface area contributed by atoms with Gasteiger partial charge in [0.05, 0.1) is 13.1 Å². The normalized spacial score (nSPS) is 20.2. The van der Waals surface area contributed by atoms with Crippen LogP contribution in [0.3, 0.4) is 0 Å². The number of hydrogen-bond donors (Lipinski definition) is 0. The van der Waals surface area contributed by atoms with Crippen molar-refractivity contribution in [3.63, 3.8) is 0 Å². The van der Waals surface area contributed by atoms with E-state index in [0.717, 1.165) is 0 Å². The standard InChI is InChI=1S/C14H20N2O7/c1-13(2,3)21-11(19)15-7-14(4,8-15)22-12(20)23-16-9(17)5-6-10(16)18/h5-8H2,1-4H3. The van der Waals surface area contributed by atoms with Crippen LogP contribution in [0.1, 0.15) is 40.5 Å². The minimum Gasteiger partial charge on any atom is -0.444 e. The number of imide groups is 1. The van der Waals surface area contributed by atoms with Crippen LogP contribution in [0.25, 0.3) is 0 Å². The molecule has 0 N–H and O–H groups in total. The van der Waals surface area contributed by atoms with Crippen LogP contribution in [0.4, 0.5) is 9.59 Å². The van der Waals surface area contributed by atoms with Gasteiger partial charge in [-0.1, -0.05) is 5.06 Å². The molecular formula is C14H20N2O7. The van der Waals surface area contributed by atoms with Gasteiger partial charge in [-0.15, -0.1) is 0 Å². The van der Waals surface area contributed by atoms with E-state index in [4.69, 9.17) is 9.47 Å². The van der Waals surface area contributed by atoms with E-state index in [0.29, 0.717) is 5.06 Å². The maximum absolute atomic E-state index is 11.8. The first-order valence-electron chi connectivity index (χ1n) is 7.24. The summed E-state index contributed by atoms with van der Waals surface area (Å²) in [6.45, 7) is 7.14. The number of ether oxygens (including phenoxy) is 2. The highest BCUT2D eigenvalue weighted by Gasteiger charge is 2.47. The molecule has 2 aliphatic heterocycles. The molecule has 128 valence electrons. The molecule has 0 unspecified atom stereocenters. The molecule has 0 spiro atoms. The average molecular weight is 328 g/mol. The van der Waals surface area contributed by atoms with Gasteiger partial charge in [-0.3, -0.25) is 14.4 Å². The van der Waals surface area contributed by atoms with Crippen LogP contribution in [0.5, 0.6) is 0 Å². The van der Waals surface area contributed by atoms with E-state index in [-0.39, 0.29) is 25.9 Å². The Bertz CT molecular complexity index is 530. The van der Waals surface area contributed by atoms with Crippen molar-refractivity contribution >= 4 is 24.1 Å². The third kappa shape index (κ3) is 4.11. The van der Waals surface area contributed by atoms with Crippen molar-refractivity contribution in [3.05, 3.63) is 0 Å². The van der Waals surface area contributed by atoms with Crippen molar-refractivity contribution in [1.29, 1.82) is 0 Å². The number of amides is 3. The number of hydrogen-bond acceptors (Lipinski definition) is 7. The summed E-state index contributed by atoms with van der Waals surface area (Å²) in [5.74, 6) is -1.16. The molecule has 23 heavy (non-hydrogen) atoms. The fourth-order valence-corrected chi connectivity index (χ4v) is 2.23. The van der Waals surface area contributed by atoms with Gasteiger partial charge in [0.15, 0.2) is 0 Å². The molecule has 0 aromatic heterocycles. The Kier molecular flexibility index (Phi) is 4.23.